The molecule has 0 unspecified atom stereocenters. The van der Waals surface area contributed by atoms with Crippen LogP contribution < -0.4 is 0 Å². The van der Waals surface area contributed by atoms with E-state index in [1.807, 2.05) is 13.8 Å². The van der Waals surface area contributed by atoms with Crippen LogP contribution >= 0.6 is 23.5 Å². The van der Waals surface area contributed by atoms with Crippen molar-refractivity contribution in [2.75, 3.05) is 18.1 Å². The molecule has 0 saturated carbocycles. The summed E-state index contributed by atoms with van der Waals surface area (Å²) < 4.78 is -0.263. The molecule has 4 atom stereocenters. The minimum absolute atomic E-state index is 0.263. The Morgan fingerprint density at radius 1 is 0.824 bits per heavy atom. The quantitative estimate of drug-likeness (QED) is 0.356. The van der Waals surface area contributed by atoms with Gasteiger partial charge >= 0.3 is 0 Å². The van der Waals surface area contributed by atoms with Crippen molar-refractivity contribution < 1.29 is 25.5 Å². The van der Waals surface area contributed by atoms with Gasteiger partial charge in [-0.1, -0.05) is 13.8 Å². The zero-order valence-corrected chi connectivity index (χ0v) is 11.7. The Balaban J connectivity index is 4.46. The van der Waals surface area contributed by atoms with Gasteiger partial charge in [-0.15, -0.1) is 23.5 Å². The van der Waals surface area contributed by atoms with Gasteiger partial charge in [0, 0.05) is 0 Å². The van der Waals surface area contributed by atoms with Crippen molar-refractivity contribution in [1.82, 2.24) is 0 Å². The van der Waals surface area contributed by atoms with Gasteiger partial charge in [0.1, 0.15) is 24.4 Å². The highest BCUT2D eigenvalue weighted by molar-refractivity contribution is 8.17. The van der Waals surface area contributed by atoms with Crippen LogP contribution in [-0.4, -0.2) is 72.6 Å². The van der Waals surface area contributed by atoms with Gasteiger partial charge in [-0.3, -0.25) is 0 Å². The Kier molecular flexibility index (Phi) is 9.71. The molecule has 7 heteroatoms. The summed E-state index contributed by atoms with van der Waals surface area (Å²) >= 11 is 2.94. The normalized spacial score (nSPS) is 19.1. The summed E-state index contributed by atoms with van der Waals surface area (Å²) in [5, 5.41) is 47.0. The third-order valence-corrected chi connectivity index (χ3v) is 4.92. The van der Waals surface area contributed by atoms with E-state index in [1.165, 1.54) is 23.5 Å². The maximum Gasteiger partial charge on any atom is 0.111 e. The fraction of sp³-hybridized carbons (Fsp3) is 1.00. The number of rotatable bonds is 9. The molecule has 0 saturated heterocycles. The summed E-state index contributed by atoms with van der Waals surface area (Å²) in [7, 11) is 0. The molecular weight excluding hydrogens is 264 g/mol. The molecule has 0 aromatic rings. The second-order valence-corrected chi connectivity index (χ2v) is 6.64. The SMILES string of the molecule is CCSC(SCC)[C@@H](O)[C@H](O)[C@H](O)[C@@H](O)CO. The van der Waals surface area contributed by atoms with E-state index in [9.17, 15) is 20.4 Å². The first-order chi connectivity index (χ1) is 7.99. The van der Waals surface area contributed by atoms with E-state index in [1.54, 1.807) is 0 Å². The first-order valence-corrected chi connectivity index (χ1v) is 7.65. The average Bonchev–Trinajstić information content (AvgIpc) is 2.34. The molecule has 0 fully saturated rings. The van der Waals surface area contributed by atoms with Crippen molar-refractivity contribution >= 4 is 23.5 Å². The fourth-order valence-corrected chi connectivity index (χ4v) is 3.85. The maximum absolute atomic E-state index is 9.91. The lowest BCUT2D eigenvalue weighted by atomic mass is 10.0. The molecule has 0 heterocycles. The molecule has 0 radical (unpaired) electrons. The number of aliphatic hydroxyl groups excluding tert-OH is 5. The van der Waals surface area contributed by atoms with Gasteiger partial charge in [0.15, 0.2) is 0 Å². The summed E-state index contributed by atoms with van der Waals surface area (Å²) in [6.07, 6.45) is -5.62. The van der Waals surface area contributed by atoms with Gasteiger partial charge in [0.05, 0.1) is 11.2 Å². The smallest absolute Gasteiger partial charge is 0.111 e. The summed E-state index contributed by atoms with van der Waals surface area (Å²) in [4.78, 5) is 0. The molecule has 0 amide bonds. The van der Waals surface area contributed by atoms with E-state index in [0.29, 0.717) is 0 Å². The van der Waals surface area contributed by atoms with E-state index in [-0.39, 0.29) is 4.58 Å². The van der Waals surface area contributed by atoms with Crippen molar-refractivity contribution in [3.63, 3.8) is 0 Å². The molecule has 17 heavy (non-hydrogen) atoms. The van der Waals surface area contributed by atoms with E-state index >= 15 is 0 Å². The van der Waals surface area contributed by atoms with E-state index in [0.717, 1.165) is 11.5 Å². The maximum atomic E-state index is 9.91. The highest BCUT2D eigenvalue weighted by Crippen LogP contribution is 2.29. The van der Waals surface area contributed by atoms with Crippen LogP contribution in [0, 0.1) is 0 Å². The summed E-state index contributed by atoms with van der Waals surface area (Å²) in [5.41, 5.74) is 0. The van der Waals surface area contributed by atoms with Crippen LogP contribution in [0.3, 0.4) is 0 Å². The molecular formula is C10H22O5S2. The summed E-state index contributed by atoms with van der Waals surface area (Å²) in [6, 6.07) is 0. The highest BCUT2D eigenvalue weighted by Gasteiger charge is 2.34. The Morgan fingerprint density at radius 3 is 1.65 bits per heavy atom. The molecule has 5 nitrogen and oxygen atoms in total. The summed E-state index contributed by atoms with van der Waals surface area (Å²) in [6.45, 7) is 3.22. The van der Waals surface area contributed by atoms with Crippen LogP contribution in [0.15, 0.2) is 0 Å². The van der Waals surface area contributed by atoms with Gasteiger partial charge in [-0.05, 0) is 11.5 Å². The van der Waals surface area contributed by atoms with E-state index in [4.69, 9.17) is 5.11 Å². The van der Waals surface area contributed by atoms with Gasteiger partial charge in [-0.2, -0.15) is 0 Å². The number of aliphatic hydroxyl groups is 5. The summed E-state index contributed by atoms with van der Waals surface area (Å²) in [5.74, 6) is 1.56. The molecule has 0 spiro atoms. The Hall–Kier alpha value is 0.500. The highest BCUT2D eigenvalue weighted by atomic mass is 32.2. The third kappa shape index (κ3) is 5.78. The molecule has 5 N–H and O–H groups in total. The van der Waals surface area contributed by atoms with Crippen molar-refractivity contribution in [2.45, 2.75) is 42.8 Å². The van der Waals surface area contributed by atoms with Gasteiger partial charge in [0.2, 0.25) is 0 Å². The molecule has 0 aliphatic rings. The fourth-order valence-electron chi connectivity index (χ4n) is 1.27. The van der Waals surface area contributed by atoms with E-state index < -0.39 is 31.0 Å². The van der Waals surface area contributed by atoms with Gasteiger partial charge < -0.3 is 25.5 Å². The second-order valence-electron chi connectivity index (χ2n) is 3.50. The Morgan fingerprint density at radius 2 is 1.29 bits per heavy atom. The van der Waals surface area contributed by atoms with Crippen molar-refractivity contribution in [2.24, 2.45) is 0 Å². The van der Waals surface area contributed by atoms with Gasteiger partial charge in [-0.25, -0.2) is 0 Å². The lowest BCUT2D eigenvalue weighted by molar-refractivity contribution is -0.111. The van der Waals surface area contributed by atoms with Crippen molar-refractivity contribution in [3.05, 3.63) is 0 Å². The number of thioether (sulfide) groups is 2. The lowest BCUT2D eigenvalue weighted by Crippen LogP contribution is -2.48. The van der Waals surface area contributed by atoms with Crippen LogP contribution in [-0.2, 0) is 0 Å². The Labute approximate surface area is 110 Å². The van der Waals surface area contributed by atoms with Crippen molar-refractivity contribution in [1.29, 1.82) is 0 Å². The second kappa shape index (κ2) is 9.43. The number of hydrogen-bond donors (Lipinski definition) is 5. The molecule has 0 aliphatic carbocycles. The zero-order chi connectivity index (χ0) is 13.4. The van der Waals surface area contributed by atoms with Crippen LogP contribution in [0.1, 0.15) is 13.8 Å². The standard InChI is InChI=1S/C10H22O5S2/c1-3-16-10(17-4-2)9(15)8(14)7(13)6(12)5-11/h6-15H,3-5H2,1-2H3/t6-,7+,8+,9-/m0/s1. The van der Waals surface area contributed by atoms with Crippen LogP contribution in [0.25, 0.3) is 0 Å². The predicted molar refractivity (Wildman–Crippen MR) is 71.2 cm³/mol. The zero-order valence-electron chi connectivity index (χ0n) is 10.1. The monoisotopic (exact) mass is 286 g/mol. The van der Waals surface area contributed by atoms with Crippen molar-refractivity contribution in [3.8, 4) is 0 Å². The molecule has 0 aliphatic heterocycles. The minimum atomic E-state index is -1.55. The molecule has 0 aromatic heterocycles. The molecule has 0 bridgehead atoms. The van der Waals surface area contributed by atoms with Gasteiger partial charge in [0.25, 0.3) is 0 Å². The topological polar surface area (TPSA) is 101 Å². The van der Waals surface area contributed by atoms with Crippen LogP contribution in [0.2, 0.25) is 0 Å². The first kappa shape index (κ1) is 17.5. The van der Waals surface area contributed by atoms with Crippen LogP contribution in [0.4, 0.5) is 0 Å². The van der Waals surface area contributed by atoms with E-state index in [2.05, 4.69) is 0 Å². The molecule has 104 valence electrons. The number of hydrogen-bond acceptors (Lipinski definition) is 7. The Bertz CT molecular complexity index is 190. The molecule has 0 aromatic carbocycles. The first-order valence-electron chi connectivity index (χ1n) is 5.55. The largest absolute Gasteiger partial charge is 0.394 e. The minimum Gasteiger partial charge on any atom is -0.394 e. The molecule has 0 rings (SSSR count). The van der Waals surface area contributed by atoms with Crippen LogP contribution in [0.5, 0.6) is 0 Å². The predicted octanol–water partition coefficient (Wildman–Crippen LogP) is -0.745. The lowest BCUT2D eigenvalue weighted by Gasteiger charge is -2.30. The average molecular weight is 286 g/mol. The third-order valence-electron chi connectivity index (χ3n) is 2.22.